The van der Waals surface area contributed by atoms with Crippen LogP contribution in [0.25, 0.3) is 10.9 Å². The van der Waals surface area contributed by atoms with Crippen LogP contribution >= 0.6 is 0 Å². The van der Waals surface area contributed by atoms with E-state index in [1.807, 2.05) is 31.2 Å². The molecule has 0 saturated heterocycles. The lowest BCUT2D eigenvalue weighted by Gasteiger charge is -2.25. The number of carboxylic acids is 1. The molecular weight excluding hydrogens is 383 g/mol. The van der Waals surface area contributed by atoms with Gasteiger partial charge in [0.2, 0.25) is 5.91 Å². The normalized spacial score (nSPS) is 15.7. The summed E-state index contributed by atoms with van der Waals surface area (Å²) < 4.78 is 15.6. The fraction of sp³-hybridized carbons (Fsp3) is 0.333. The fourth-order valence-electron chi connectivity index (χ4n) is 4.37. The Morgan fingerprint density at radius 1 is 1.20 bits per heavy atom. The molecule has 0 bridgehead atoms. The van der Waals surface area contributed by atoms with E-state index in [1.54, 1.807) is 10.6 Å². The molecular formula is C24H25FN2O3. The molecule has 1 heterocycles. The van der Waals surface area contributed by atoms with Crippen molar-refractivity contribution in [3.8, 4) is 0 Å². The number of benzene rings is 2. The van der Waals surface area contributed by atoms with Crippen LogP contribution in [0.4, 0.5) is 4.39 Å². The van der Waals surface area contributed by atoms with Crippen LogP contribution in [0.15, 0.2) is 42.5 Å². The predicted molar refractivity (Wildman–Crippen MR) is 113 cm³/mol. The van der Waals surface area contributed by atoms with Crippen LogP contribution in [0.5, 0.6) is 0 Å². The van der Waals surface area contributed by atoms with Crippen molar-refractivity contribution in [1.29, 1.82) is 0 Å². The monoisotopic (exact) mass is 408 g/mol. The Balaban J connectivity index is 1.48. The van der Waals surface area contributed by atoms with Crippen LogP contribution in [0, 0.1) is 12.7 Å². The van der Waals surface area contributed by atoms with Crippen LogP contribution in [-0.4, -0.2) is 27.6 Å². The second kappa shape index (κ2) is 8.30. The minimum Gasteiger partial charge on any atom is -0.480 e. The molecule has 0 saturated carbocycles. The molecule has 4 rings (SSSR count). The molecule has 156 valence electrons. The SMILES string of the molecule is Cc1ccc(CCC(=O)N[C@H]2CCc3c(c4cc(F)ccc4n3CC(=O)O)C2)cc1. The van der Waals surface area contributed by atoms with Gasteiger partial charge in [0.15, 0.2) is 0 Å². The van der Waals surface area contributed by atoms with Gasteiger partial charge in [0.25, 0.3) is 0 Å². The number of nitrogens with zero attached hydrogens (tertiary/aromatic N) is 1. The van der Waals surface area contributed by atoms with Crippen molar-refractivity contribution in [2.75, 3.05) is 0 Å². The number of carboxylic acid groups (broad SMARTS) is 1. The number of amides is 1. The maximum absolute atomic E-state index is 13.9. The highest BCUT2D eigenvalue weighted by molar-refractivity contribution is 5.87. The Hall–Kier alpha value is -3.15. The van der Waals surface area contributed by atoms with Crippen LogP contribution in [0.1, 0.15) is 35.2 Å². The topological polar surface area (TPSA) is 71.3 Å². The largest absolute Gasteiger partial charge is 0.480 e. The highest BCUT2D eigenvalue weighted by Crippen LogP contribution is 2.33. The first-order chi connectivity index (χ1) is 14.4. The van der Waals surface area contributed by atoms with Crippen LogP contribution in [-0.2, 0) is 35.4 Å². The van der Waals surface area contributed by atoms with Crippen LogP contribution < -0.4 is 5.32 Å². The zero-order chi connectivity index (χ0) is 21.3. The van der Waals surface area contributed by atoms with Gasteiger partial charge in [0.1, 0.15) is 12.4 Å². The number of halogens is 1. The molecule has 1 aliphatic carbocycles. The molecule has 0 unspecified atom stereocenters. The number of aromatic nitrogens is 1. The Bertz CT molecular complexity index is 1100. The molecule has 1 amide bonds. The summed E-state index contributed by atoms with van der Waals surface area (Å²) in [5, 5.41) is 13.1. The van der Waals surface area contributed by atoms with E-state index in [1.165, 1.54) is 17.7 Å². The van der Waals surface area contributed by atoms with E-state index in [0.717, 1.165) is 34.1 Å². The van der Waals surface area contributed by atoms with E-state index in [2.05, 4.69) is 5.32 Å². The molecule has 30 heavy (non-hydrogen) atoms. The number of fused-ring (bicyclic) bond motifs is 3. The van der Waals surface area contributed by atoms with Crippen molar-refractivity contribution >= 4 is 22.8 Å². The Labute approximate surface area is 174 Å². The van der Waals surface area contributed by atoms with Gasteiger partial charge in [-0.15, -0.1) is 0 Å². The summed E-state index contributed by atoms with van der Waals surface area (Å²) in [6, 6.07) is 12.6. The molecule has 5 nitrogen and oxygen atoms in total. The molecule has 2 aromatic carbocycles. The first-order valence-corrected chi connectivity index (χ1v) is 10.3. The molecule has 1 aromatic heterocycles. The Kier molecular flexibility index (Phi) is 5.57. The molecule has 2 N–H and O–H groups in total. The van der Waals surface area contributed by atoms with Gasteiger partial charge in [-0.25, -0.2) is 4.39 Å². The van der Waals surface area contributed by atoms with Gasteiger partial charge in [-0.05, 0) is 61.9 Å². The van der Waals surface area contributed by atoms with Gasteiger partial charge >= 0.3 is 5.97 Å². The van der Waals surface area contributed by atoms with Crippen molar-refractivity contribution in [2.24, 2.45) is 0 Å². The number of hydrogen-bond donors (Lipinski definition) is 2. The number of aliphatic carboxylic acids is 1. The zero-order valence-electron chi connectivity index (χ0n) is 17.0. The summed E-state index contributed by atoms with van der Waals surface area (Å²) >= 11 is 0. The standard InChI is InChI=1S/C24H25FN2O3/c1-15-2-4-16(5-3-15)6-11-23(28)26-18-8-10-22-20(13-18)19-12-17(25)7-9-21(19)27(22)14-24(29)30/h2-5,7,9,12,18H,6,8,10-11,13-14H2,1H3,(H,26,28)(H,29,30)/t18-/m0/s1. The second-order valence-electron chi connectivity index (χ2n) is 8.06. The maximum Gasteiger partial charge on any atom is 0.323 e. The Morgan fingerprint density at radius 3 is 2.70 bits per heavy atom. The number of hydrogen-bond acceptors (Lipinski definition) is 2. The summed E-state index contributed by atoms with van der Waals surface area (Å²) in [4.78, 5) is 23.8. The van der Waals surface area contributed by atoms with E-state index in [0.29, 0.717) is 25.7 Å². The molecule has 6 heteroatoms. The average Bonchev–Trinajstić information content (AvgIpc) is 2.99. The third-order valence-corrected chi connectivity index (χ3v) is 5.85. The number of aryl methyl sites for hydroxylation is 2. The molecule has 0 fully saturated rings. The van der Waals surface area contributed by atoms with Gasteiger partial charge in [0, 0.05) is 29.1 Å². The summed E-state index contributed by atoms with van der Waals surface area (Å²) in [6.07, 6.45) is 3.08. The van der Waals surface area contributed by atoms with Gasteiger partial charge in [-0.1, -0.05) is 29.8 Å². The van der Waals surface area contributed by atoms with E-state index < -0.39 is 5.97 Å². The zero-order valence-corrected chi connectivity index (χ0v) is 17.0. The molecule has 0 radical (unpaired) electrons. The summed E-state index contributed by atoms with van der Waals surface area (Å²) in [5.41, 5.74) is 4.94. The highest BCUT2D eigenvalue weighted by atomic mass is 19.1. The first-order valence-electron chi connectivity index (χ1n) is 10.3. The van der Waals surface area contributed by atoms with Crippen molar-refractivity contribution in [1.82, 2.24) is 9.88 Å². The number of nitrogens with one attached hydrogen (secondary N) is 1. The van der Waals surface area contributed by atoms with Crippen molar-refractivity contribution in [3.63, 3.8) is 0 Å². The summed E-state index contributed by atoms with van der Waals surface area (Å²) in [6.45, 7) is 1.89. The van der Waals surface area contributed by atoms with Crippen molar-refractivity contribution < 1.29 is 19.1 Å². The smallest absolute Gasteiger partial charge is 0.323 e. The lowest BCUT2D eigenvalue weighted by molar-refractivity contribution is -0.137. The highest BCUT2D eigenvalue weighted by Gasteiger charge is 2.27. The van der Waals surface area contributed by atoms with E-state index in [9.17, 15) is 19.1 Å². The van der Waals surface area contributed by atoms with Gasteiger partial charge in [-0.3, -0.25) is 9.59 Å². The first kappa shape index (κ1) is 20.1. The summed E-state index contributed by atoms with van der Waals surface area (Å²) in [7, 11) is 0. The molecule has 1 aliphatic rings. The third-order valence-electron chi connectivity index (χ3n) is 5.85. The van der Waals surface area contributed by atoms with Gasteiger partial charge < -0.3 is 15.0 Å². The molecule has 1 atom stereocenters. The lowest BCUT2D eigenvalue weighted by Crippen LogP contribution is -2.39. The fourth-order valence-corrected chi connectivity index (χ4v) is 4.37. The van der Waals surface area contributed by atoms with Crippen molar-refractivity contribution in [2.45, 2.75) is 51.6 Å². The maximum atomic E-state index is 13.9. The average molecular weight is 408 g/mol. The molecule has 0 aliphatic heterocycles. The third kappa shape index (κ3) is 4.22. The van der Waals surface area contributed by atoms with Crippen LogP contribution in [0.2, 0.25) is 0 Å². The van der Waals surface area contributed by atoms with Gasteiger partial charge in [0.05, 0.1) is 0 Å². The molecule has 0 spiro atoms. The Morgan fingerprint density at radius 2 is 1.97 bits per heavy atom. The quantitative estimate of drug-likeness (QED) is 0.652. The van der Waals surface area contributed by atoms with Gasteiger partial charge in [-0.2, -0.15) is 0 Å². The number of rotatable bonds is 6. The van der Waals surface area contributed by atoms with Crippen molar-refractivity contribution in [3.05, 3.63) is 70.7 Å². The summed E-state index contributed by atoms with van der Waals surface area (Å²) in [5.74, 6) is -1.27. The molecule has 3 aromatic rings. The van der Waals surface area contributed by atoms with Crippen LogP contribution in [0.3, 0.4) is 0 Å². The lowest BCUT2D eigenvalue weighted by atomic mass is 9.91. The van der Waals surface area contributed by atoms with E-state index in [-0.39, 0.29) is 24.3 Å². The van der Waals surface area contributed by atoms with E-state index >= 15 is 0 Å². The minimum absolute atomic E-state index is 0.00415. The number of carbonyl (C=O) groups excluding carboxylic acids is 1. The predicted octanol–water partition coefficient (Wildman–Crippen LogP) is 3.78. The second-order valence-corrected chi connectivity index (χ2v) is 8.06. The van der Waals surface area contributed by atoms with E-state index in [4.69, 9.17) is 0 Å². The minimum atomic E-state index is -0.925. The number of carbonyl (C=O) groups is 2.